The topological polar surface area (TPSA) is 97.5 Å². The third kappa shape index (κ3) is 4.39. The number of hydrogen-bond acceptors (Lipinski definition) is 7. The van der Waals surface area contributed by atoms with E-state index in [1.54, 1.807) is 30.3 Å². The van der Waals surface area contributed by atoms with E-state index < -0.39 is 18.2 Å². The van der Waals surface area contributed by atoms with Crippen molar-refractivity contribution in [1.82, 2.24) is 9.97 Å². The zero-order valence-electron chi connectivity index (χ0n) is 16.6. The number of rotatable bonds is 5. The van der Waals surface area contributed by atoms with Gasteiger partial charge in [0, 0.05) is 17.1 Å². The number of carbonyl (C=O) groups excluding carboxylic acids is 1. The fourth-order valence-electron chi connectivity index (χ4n) is 2.98. The summed E-state index contributed by atoms with van der Waals surface area (Å²) < 4.78 is 24.7. The van der Waals surface area contributed by atoms with E-state index in [0.29, 0.717) is 39.5 Å². The number of methoxy groups -OCH3 is 1. The zero-order valence-corrected chi connectivity index (χ0v) is 17.4. The quantitative estimate of drug-likeness (QED) is 0.435. The normalized spacial score (nSPS) is 10.5. The van der Waals surface area contributed by atoms with Gasteiger partial charge in [-0.25, -0.2) is 14.4 Å². The maximum Gasteiger partial charge on any atom is 0.231 e. The second kappa shape index (κ2) is 9.06. The van der Waals surface area contributed by atoms with Crippen molar-refractivity contribution in [2.24, 2.45) is 0 Å². The maximum absolute atomic E-state index is 13.5. The van der Waals surface area contributed by atoms with Gasteiger partial charge in [-0.15, -0.1) is 0 Å². The van der Waals surface area contributed by atoms with E-state index in [0.717, 1.165) is 0 Å². The van der Waals surface area contributed by atoms with Crippen LogP contribution in [0.5, 0.6) is 5.75 Å². The third-order valence-electron chi connectivity index (χ3n) is 4.48. The van der Waals surface area contributed by atoms with E-state index in [9.17, 15) is 9.18 Å². The lowest BCUT2D eigenvalue weighted by Crippen LogP contribution is -1.98. The Labute approximate surface area is 186 Å². The number of ketones is 1. The zero-order chi connectivity index (χ0) is 22.7. The highest BCUT2D eigenvalue weighted by molar-refractivity contribution is 6.31. The number of nitrogens with one attached hydrogen (secondary N) is 1. The lowest BCUT2D eigenvalue weighted by atomic mass is 10.1. The number of hydrogen-bond donors (Lipinski definition) is 2. The van der Waals surface area contributed by atoms with Crippen LogP contribution in [0, 0.1) is 17.7 Å². The first kappa shape index (κ1) is 21.3. The molecule has 2 N–H and O–H groups in total. The smallest absolute Gasteiger partial charge is 0.231 e. The fourth-order valence-corrected chi connectivity index (χ4v) is 3.16. The molecule has 2 aromatic carbocycles. The summed E-state index contributed by atoms with van der Waals surface area (Å²) in [5.74, 6) is 5.41. The second-order valence-corrected chi connectivity index (χ2v) is 6.95. The number of nitrogens with zero attached hydrogens (tertiary/aromatic N) is 2. The average Bonchev–Trinajstić information content (AvgIpc) is 3.28. The third-order valence-corrected chi connectivity index (χ3v) is 4.77. The van der Waals surface area contributed by atoms with Crippen LogP contribution in [-0.2, 0) is 4.79 Å². The highest BCUT2D eigenvalue weighted by Gasteiger charge is 2.15. The molecule has 0 bridgehead atoms. The highest BCUT2D eigenvalue weighted by atomic mass is 35.5. The first-order valence-corrected chi connectivity index (χ1v) is 9.67. The van der Waals surface area contributed by atoms with Crippen molar-refractivity contribution >= 4 is 39.8 Å². The molecule has 0 aliphatic rings. The molecule has 0 aliphatic heterocycles. The van der Waals surface area contributed by atoms with E-state index in [1.165, 1.54) is 25.6 Å². The van der Waals surface area contributed by atoms with Gasteiger partial charge < -0.3 is 19.6 Å². The van der Waals surface area contributed by atoms with Crippen LogP contribution >= 0.6 is 11.6 Å². The van der Waals surface area contributed by atoms with Crippen molar-refractivity contribution in [2.45, 2.75) is 0 Å². The number of carbonyl (C=O) groups is 1. The Hall–Kier alpha value is -3.93. The molecular weight excluding hydrogens is 437 g/mol. The Balaban J connectivity index is 1.77. The van der Waals surface area contributed by atoms with Gasteiger partial charge in [0.1, 0.15) is 36.1 Å². The molecule has 4 rings (SSSR count). The Morgan fingerprint density at radius 3 is 2.84 bits per heavy atom. The standard InChI is InChI=1S/C23H15ClFN3O4/c1-31-22-10-20-16(9-17(22)21-7-5-15(32-21)4-3-14(30)11-29)23(27-12-26-20)28-13-2-6-19(25)18(24)8-13/h2,5-10,12,29H,11H2,1H3,(H,26,27,28). The van der Waals surface area contributed by atoms with Crippen molar-refractivity contribution in [2.75, 3.05) is 19.0 Å². The van der Waals surface area contributed by atoms with E-state index in [-0.39, 0.29) is 10.8 Å². The SMILES string of the molecule is COc1cc2ncnc(Nc3ccc(F)c(Cl)c3)c2cc1-c1ccc(C#CC(=O)CO)o1. The molecule has 2 heterocycles. The molecule has 9 heteroatoms. The lowest BCUT2D eigenvalue weighted by molar-refractivity contribution is -0.116. The van der Waals surface area contributed by atoms with Crippen molar-refractivity contribution in [3.63, 3.8) is 0 Å². The summed E-state index contributed by atoms with van der Waals surface area (Å²) >= 11 is 5.88. The van der Waals surface area contributed by atoms with Gasteiger partial charge in [0.2, 0.25) is 5.78 Å². The number of aliphatic hydroxyl groups excluding tert-OH is 1. The van der Waals surface area contributed by atoms with E-state index in [1.807, 2.05) is 0 Å². The molecule has 0 aliphatic carbocycles. The summed E-state index contributed by atoms with van der Waals surface area (Å²) in [5, 5.41) is 12.5. The van der Waals surface area contributed by atoms with E-state index in [4.69, 9.17) is 25.9 Å². The van der Waals surface area contributed by atoms with Gasteiger partial charge in [-0.2, -0.15) is 0 Å². The van der Waals surface area contributed by atoms with Gasteiger partial charge in [0.05, 0.1) is 23.2 Å². The van der Waals surface area contributed by atoms with Crippen LogP contribution in [0.4, 0.5) is 15.9 Å². The van der Waals surface area contributed by atoms with Gasteiger partial charge >= 0.3 is 0 Å². The first-order chi connectivity index (χ1) is 15.5. The summed E-state index contributed by atoms with van der Waals surface area (Å²) in [6.07, 6.45) is 1.40. The highest BCUT2D eigenvalue weighted by Crippen LogP contribution is 2.37. The minimum atomic E-state index is -0.659. The molecule has 0 unspecified atom stereocenters. The summed E-state index contributed by atoms with van der Waals surface area (Å²) in [7, 11) is 1.52. The lowest BCUT2D eigenvalue weighted by Gasteiger charge is -2.12. The Morgan fingerprint density at radius 2 is 2.09 bits per heavy atom. The molecule has 160 valence electrons. The number of aromatic nitrogens is 2. The largest absolute Gasteiger partial charge is 0.496 e. The number of aliphatic hydroxyl groups is 1. The minimum absolute atomic E-state index is 0.0142. The summed E-state index contributed by atoms with van der Waals surface area (Å²) in [5.41, 5.74) is 1.77. The van der Waals surface area contributed by atoms with Crippen LogP contribution in [-0.4, -0.2) is 34.6 Å². The summed E-state index contributed by atoms with van der Waals surface area (Å²) in [6.45, 7) is -0.659. The van der Waals surface area contributed by atoms with Crippen LogP contribution in [0.25, 0.3) is 22.2 Å². The number of furan rings is 1. The average molecular weight is 452 g/mol. The number of halogens is 2. The van der Waals surface area contributed by atoms with Crippen LogP contribution in [0.3, 0.4) is 0 Å². The molecule has 0 saturated carbocycles. The number of Topliss-reactive ketones (excluding diaryl/α,β-unsaturated/α-hetero) is 1. The minimum Gasteiger partial charge on any atom is -0.496 e. The molecule has 0 saturated heterocycles. The molecule has 2 aromatic heterocycles. The van der Waals surface area contributed by atoms with Gasteiger partial charge in [0.15, 0.2) is 5.76 Å². The van der Waals surface area contributed by atoms with Gasteiger partial charge in [0.25, 0.3) is 0 Å². The Morgan fingerprint density at radius 1 is 1.25 bits per heavy atom. The molecule has 32 heavy (non-hydrogen) atoms. The van der Waals surface area contributed by atoms with E-state index >= 15 is 0 Å². The number of benzene rings is 2. The molecule has 0 amide bonds. The van der Waals surface area contributed by atoms with E-state index in [2.05, 4.69) is 27.1 Å². The molecule has 7 nitrogen and oxygen atoms in total. The van der Waals surface area contributed by atoms with Crippen molar-refractivity contribution in [3.8, 4) is 28.9 Å². The number of fused-ring (bicyclic) bond motifs is 1. The van der Waals surface area contributed by atoms with Crippen LogP contribution in [0.1, 0.15) is 5.76 Å². The molecule has 4 aromatic rings. The van der Waals surface area contributed by atoms with Crippen LogP contribution in [0.15, 0.2) is 53.2 Å². The van der Waals surface area contributed by atoms with Crippen molar-refractivity contribution < 1.29 is 23.4 Å². The van der Waals surface area contributed by atoms with Crippen LogP contribution in [0.2, 0.25) is 5.02 Å². The Kier molecular flexibility index (Phi) is 6.03. The van der Waals surface area contributed by atoms with Crippen LogP contribution < -0.4 is 10.1 Å². The molecule has 0 atom stereocenters. The van der Waals surface area contributed by atoms with Gasteiger partial charge in [-0.3, -0.25) is 4.79 Å². The van der Waals surface area contributed by atoms with Gasteiger partial charge in [-0.05, 0) is 48.2 Å². The maximum atomic E-state index is 13.5. The van der Waals surface area contributed by atoms with Gasteiger partial charge in [-0.1, -0.05) is 11.6 Å². The molecule has 0 fully saturated rings. The predicted molar refractivity (Wildman–Crippen MR) is 117 cm³/mol. The molecule has 0 spiro atoms. The molecular formula is C23H15ClFN3O4. The first-order valence-electron chi connectivity index (χ1n) is 9.29. The van der Waals surface area contributed by atoms with Crippen molar-refractivity contribution in [3.05, 3.63) is 65.4 Å². The summed E-state index contributed by atoms with van der Waals surface area (Å²) in [4.78, 5) is 19.8. The summed E-state index contributed by atoms with van der Waals surface area (Å²) in [6, 6.07) is 11.1. The fraction of sp³-hybridized carbons (Fsp3) is 0.0870. The second-order valence-electron chi connectivity index (χ2n) is 6.54. The molecule has 0 radical (unpaired) electrons. The predicted octanol–water partition coefficient (Wildman–Crippen LogP) is 4.35. The number of anilines is 2. The number of ether oxygens (including phenoxy) is 1. The Bertz CT molecular complexity index is 1390. The van der Waals surface area contributed by atoms with Crippen molar-refractivity contribution in [1.29, 1.82) is 0 Å². The monoisotopic (exact) mass is 451 g/mol.